The summed E-state index contributed by atoms with van der Waals surface area (Å²) in [6.45, 7) is 0. The molecule has 13 heteroatoms. The number of anilines is 1. The van der Waals surface area contributed by atoms with Gasteiger partial charge in [-0.2, -0.15) is 26.3 Å². The maximum atomic E-state index is 13.8. The molecule has 0 aliphatic heterocycles. The smallest absolute Gasteiger partial charge is 0.417 e. The van der Waals surface area contributed by atoms with Crippen molar-refractivity contribution in [3.63, 3.8) is 0 Å². The third-order valence-electron chi connectivity index (χ3n) is 4.49. The predicted octanol–water partition coefficient (Wildman–Crippen LogP) is 5.87. The maximum absolute atomic E-state index is 13.8. The monoisotopic (exact) mass is 500 g/mol. The molecule has 0 spiro atoms. The van der Waals surface area contributed by atoms with Crippen LogP contribution in [0, 0.1) is 0 Å². The zero-order valence-corrected chi connectivity index (χ0v) is 17.5. The number of methoxy groups -OCH3 is 1. The lowest BCUT2D eigenvalue weighted by Crippen LogP contribution is -2.21. The average molecular weight is 500 g/mol. The third kappa shape index (κ3) is 5.80. The summed E-state index contributed by atoms with van der Waals surface area (Å²) < 4.78 is 92.0. The standard InChI is InChI=1S/C22H14F6N2O5/c1-34-15-4-2-3-5-16(15)35-17-9-11(21(23,24)25)8-13(22(26,27)28)18(17)19(31)30-12-6-7-14(20(32)33)29-10-12/h2-10H,1H3,(H,30,31)(H,32,33). The highest BCUT2D eigenvalue weighted by Gasteiger charge is 2.42. The summed E-state index contributed by atoms with van der Waals surface area (Å²) in [4.78, 5) is 27.3. The molecule has 35 heavy (non-hydrogen) atoms. The van der Waals surface area contributed by atoms with Crippen molar-refractivity contribution < 1.29 is 50.5 Å². The molecule has 184 valence electrons. The molecular formula is C22H14F6N2O5. The number of pyridine rings is 1. The zero-order valence-electron chi connectivity index (χ0n) is 17.5. The van der Waals surface area contributed by atoms with Gasteiger partial charge in [0, 0.05) is 0 Å². The second kappa shape index (κ2) is 9.52. The zero-order chi connectivity index (χ0) is 26.0. The Morgan fingerprint density at radius 2 is 1.57 bits per heavy atom. The number of carbonyl (C=O) groups excluding carboxylic acids is 1. The van der Waals surface area contributed by atoms with Crippen molar-refractivity contribution in [1.29, 1.82) is 0 Å². The Morgan fingerprint density at radius 1 is 0.914 bits per heavy atom. The van der Waals surface area contributed by atoms with Crippen molar-refractivity contribution in [3.05, 3.63) is 77.1 Å². The van der Waals surface area contributed by atoms with Gasteiger partial charge in [0.25, 0.3) is 5.91 Å². The van der Waals surface area contributed by atoms with E-state index in [0.717, 1.165) is 18.3 Å². The first-order valence-electron chi connectivity index (χ1n) is 9.45. The van der Waals surface area contributed by atoms with Gasteiger partial charge in [-0.1, -0.05) is 12.1 Å². The number of hydrogen-bond donors (Lipinski definition) is 2. The number of para-hydroxylation sites is 2. The first kappa shape index (κ1) is 25.3. The van der Waals surface area contributed by atoms with Crippen LogP contribution < -0.4 is 14.8 Å². The van der Waals surface area contributed by atoms with E-state index in [1.807, 2.05) is 0 Å². The van der Waals surface area contributed by atoms with Gasteiger partial charge in [0.05, 0.1) is 35.7 Å². The van der Waals surface area contributed by atoms with Crippen LogP contribution in [0.3, 0.4) is 0 Å². The fourth-order valence-electron chi connectivity index (χ4n) is 2.93. The lowest BCUT2D eigenvalue weighted by atomic mass is 10.0. The number of aromatic carboxylic acids is 1. The highest BCUT2D eigenvalue weighted by atomic mass is 19.4. The summed E-state index contributed by atoms with van der Waals surface area (Å²) in [6, 6.07) is 7.55. The molecule has 1 amide bonds. The van der Waals surface area contributed by atoms with Crippen LogP contribution in [0.25, 0.3) is 0 Å². The van der Waals surface area contributed by atoms with Crippen LogP contribution in [0.4, 0.5) is 32.0 Å². The highest BCUT2D eigenvalue weighted by Crippen LogP contribution is 2.44. The second-order valence-corrected chi connectivity index (χ2v) is 6.84. The lowest BCUT2D eigenvalue weighted by molar-refractivity contribution is -0.143. The van der Waals surface area contributed by atoms with Crippen LogP contribution in [0.15, 0.2) is 54.7 Å². The van der Waals surface area contributed by atoms with E-state index in [9.17, 15) is 35.9 Å². The number of nitrogens with one attached hydrogen (secondary N) is 1. The predicted molar refractivity (Wildman–Crippen MR) is 109 cm³/mol. The van der Waals surface area contributed by atoms with E-state index in [1.165, 1.54) is 31.4 Å². The molecule has 0 bridgehead atoms. The minimum atomic E-state index is -5.38. The Morgan fingerprint density at radius 3 is 2.09 bits per heavy atom. The lowest BCUT2D eigenvalue weighted by Gasteiger charge is -2.20. The molecule has 7 nitrogen and oxygen atoms in total. The molecule has 3 rings (SSSR count). The largest absolute Gasteiger partial charge is 0.493 e. The van der Waals surface area contributed by atoms with Gasteiger partial charge in [-0.05, 0) is 36.4 Å². The number of carboxylic acid groups (broad SMARTS) is 1. The minimum Gasteiger partial charge on any atom is -0.493 e. The molecule has 0 radical (unpaired) electrons. The van der Waals surface area contributed by atoms with Crippen molar-refractivity contribution >= 4 is 17.6 Å². The summed E-state index contributed by atoms with van der Waals surface area (Å²) in [5.41, 5.74) is -5.45. The van der Waals surface area contributed by atoms with Crippen LogP contribution in [-0.2, 0) is 12.4 Å². The van der Waals surface area contributed by atoms with Gasteiger partial charge in [-0.3, -0.25) is 4.79 Å². The van der Waals surface area contributed by atoms with Crippen LogP contribution in [0.5, 0.6) is 17.2 Å². The quantitative estimate of drug-likeness (QED) is 0.411. The fourth-order valence-corrected chi connectivity index (χ4v) is 2.93. The Bertz CT molecular complexity index is 1260. The van der Waals surface area contributed by atoms with E-state index in [2.05, 4.69) is 10.3 Å². The molecule has 2 N–H and O–H groups in total. The molecule has 0 fully saturated rings. The number of rotatable bonds is 6. The van der Waals surface area contributed by atoms with Gasteiger partial charge in [-0.25, -0.2) is 9.78 Å². The number of ether oxygens (including phenoxy) is 2. The van der Waals surface area contributed by atoms with Gasteiger partial charge < -0.3 is 19.9 Å². The number of aromatic nitrogens is 1. The SMILES string of the molecule is COc1ccccc1Oc1cc(C(F)(F)F)cc(C(F)(F)F)c1C(=O)Nc1ccc(C(=O)O)nc1. The van der Waals surface area contributed by atoms with Crippen molar-refractivity contribution in [2.75, 3.05) is 12.4 Å². The van der Waals surface area contributed by atoms with Gasteiger partial charge in [0.1, 0.15) is 11.4 Å². The molecule has 0 aliphatic rings. The average Bonchev–Trinajstić information content (AvgIpc) is 2.78. The molecule has 1 aromatic heterocycles. The number of nitrogens with zero attached hydrogens (tertiary/aromatic N) is 1. The van der Waals surface area contributed by atoms with E-state index in [1.54, 1.807) is 0 Å². The van der Waals surface area contributed by atoms with Crippen LogP contribution in [-0.4, -0.2) is 29.1 Å². The van der Waals surface area contributed by atoms with Gasteiger partial charge >= 0.3 is 18.3 Å². The maximum Gasteiger partial charge on any atom is 0.417 e. The van der Waals surface area contributed by atoms with Gasteiger partial charge in [0.15, 0.2) is 11.5 Å². The second-order valence-electron chi connectivity index (χ2n) is 6.84. The van der Waals surface area contributed by atoms with Crippen LogP contribution in [0.1, 0.15) is 32.0 Å². The molecule has 0 saturated heterocycles. The van der Waals surface area contributed by atoms with Crippen molar-refractivity contribution in [3.8, 4) is 17.2 Å². The molecule has 3 aromatic rings. The summed E-state index contributed by atoms with van der Waals surface area (Å²) in [7, 11) is 1.21. The van der Waals surface area contributed by atoms with E-state index in [-0.39, 0.29) is 29.3 Å². The number of halogens is 6. The first-order chi connectivity index (χ1) is 16.3. The van der Waals surface area contributed by atoms with Crippen LogP contribution >= 0.6 is 0 Å². The van der Waals surface area contributed by atoms with E-state index in [0.29, 0.717) is 0 Å². The Kier molecular flexibility index (Phi) is 6.89. The molecule has 2 aromatic carbocycles. The molecule has 1 heterocycles. The molecule has 0 atom stereocenters. The van der Waals surface area contributed by atoms with Crippen molar-refractivity contribution in [2.45, 2.75) is 12.4 Å². The summed E-state index contributed by atoms with van der Waals surface area (Å²) in [5, 5.41) is 10.9. The first-order valence-corrected chi connectivity index (χ1v) is 9.45. The summed E-state index contributed by atoms with van der Waals surface area (Å²) in [5.74, 6) is -4.16. The fraction of sp³-hybridized carbons (Fsp3) is 0.136. The highest BCUT2D eigenvalue weighted by molar-refractivity contribution is 6.07. The number of carboxylic acids is 1. The van der Waals surface area contributed by atoms with Crippen molar-refractivity contribution in [2.24, 2.45) is 0 Å². The van der Waals surface area contributed by atoms with Gasteiger partial charge in [0.2, 0.25) is 0 Å². The normalized spacial score (nSPS) is 11.6. The number of amides is 1. The molecule has 0 aliphatic carbocycles. The van der Waals surface area contributed by atoms with E-state index < -0.39 is 52.4 Å². The minimum absolute atomic E-state index is 0.0155. The van der Waals surface area contributed by atoms with E-state index >= 15 is 0 Å². The Balaban J connectivity index is 2.17. The Labute approximate surface area is 192 Å². The van der Waals surface area contributed by atoms with Crippen molar-refractivity contribution in [1.82, 2.24) is 4.98 Å². The molecule has 0 unspecified atom stereocenters. The number of benzene rings is 2. The topological polar surface area (TPSA) is 97.8 Å². The number of alkyl halides is 6. The van der Waals surface area contributed by atoms with Gasteiger partial charge in [-0.15, -0.1) is 0 Å². The number of carbonyl (C=O) groups is 2. The third-order valence-corrected chi connectivity index (χ3v) is 4.49. The number of hydrogen-bond acceptors (Lipinski definition) is 5. The summed E-state index contributed by atoms with van der Waals surface area (Å²) >= 11 is 0. The van der Waals surface area contributed by atoms with E-state index in [4.69, 9.17) is 14.6 Å². The Hall–Kier alpha value is -4.29. The molecular weight excluding hydrogens is 486 g/mol. The molecule has 0 saturated carbocycles. The van der Waals surface area contributed by atoms with Crippen LogP contribution in [0.2, 0.25) is 0 Å². The summed E-state index contributed by atoms with van der Waals surface area (Å²) in [6.07, 6.45) is -9.71.